The Balaban J connectivity index is 3.24. The molecule has 0 amide bonds. The predicted molar refractivity (Wildman–Crippen MR) is 63.8 cm³/mol. The molecule has 1 aromatic rings. The normalized spacial score (nSPS) is 11.9. The van der Waals surface area contributed by atoms with E-state index < -0.39 is 0 Å². The molecule has 0 aliphatic carbocycles. The molecule has 0 nitrogen and oxygen atoms in total. The van der Waals surface area contributed by atoms with Crippen LogP contribution < -0.4 is 0 Å². The van der Waals surface area contributed by atoms with E-state index in [1.165, 1.54) is 5.56 Å². The van der Waals surface area contributed by atoms with E-state index in [2.05, 4.69) is 20.8 Å². The molecule has 0 heterocycles. The second-order valence-corrected chi connectivity index (χ2v) is 5.05. The molecule has 0 aromatic heterocycles. The first-order valence-electron chi connectivity index (χ1n) is 5.65. The van der Waals surface area contributed by atoms with E-state index in [9.17, 15) is 4.39 Å². The minimum atomic E-state index is -0.124. The lowest BCUT2D eigenvalue weighted by molar-refractivity contribution is 0.466. The van der Waals surface area contributed by atoms with E-state index in [1.807, 2.05) is 13.8 Å². The fourth-order valence-electron chi connectivity index (χ4n) is 2.73. The first-order valence-corrected chi connectivity index (χ1v) is 5.65. The maximum atomic E-state index is 13.2. The van der Waals surface area contributed by atoms with E-state index in [1.54, 1.807) is 12.1 Å². The summed E-state index contributed by atoms with van der Waals surface area (Å²) in [6.45, 7) is 10.7. The molecule has 1 aromatic carbocycles. The Morgan fingerprint density at radius 2 is 1.60 bits per heavy atom. The summed E-state index contributed by atoms with van der Waals surface area (Å²) < 4.78 is 13.2. The van der Waals surface area contributed by atoms with Gasteiger partial charge < -0.3 is 0 Å². The van der Waals surface area contributed by atoms with E-state index >= 15 is 0 Å². The van der Waals surface area contributed by atoms with Crippen molar-refractivity contribution in [1.82, 2.24) is 0 Å². The zero-order chi connectivity index (χ0) is 11.6. The van der Waals surface area contributed by atoms with Crippen LogP contribution in [0.3, 0.4) is 0 Å². The molecule has 0 bridgehead atoms. The fourth-order valence-corrected chi connectivity index (χ4v) is 2.73. The molecule has 0 fully saturated rings. The van der Waals surface area contributed by atoms with Crippen LogP contribution in [0, 0.1) is 19.7 Å². The molecule has 0 saturated heterocycles. The van der Waals surface area contributed by atoms with Crippen LogP contribution in [0.2, 0.25) is 0 Å². The quantitative estimate of drug-likeness (QED) is 0.685. The molecule has 1 rings (SSSR count). The van der Waals surface area contributed by atoms with Crippen molar-refractivity contribution in [2.24, 2.45) is 0 Å². The second kappa shape index (κ2) is 4.34. The van der Waals surface area contributed by atoms with Crippen molar-refractivity contribution in [2.45, 2.75) is 52.9 Å². The van der Waals surface area contributed by atoms with Crippen molar-refractivity contribution in [2.75, 3.05) is 0 Å². The third-order valence-electron chi connectivity index (χ3n) is 3.05. The minimum Gasteiger partial charge on any atom is -0.207 e. The molecule has 0 radical (unpaired) electrons. The Labute approximate surface area is 92.5 Å². The molecule has 1 heteroatoms. The van der Waals surface area contributed by atoms with Crippen LogP contribution in [-0.2, 0) is 5.41 Å². The molecule has 0 aliphatic heterocycles. The summed E-state index contributed by atoms with van der Waals surface area (Å²) in [5.74, 6) is -0.124. The number of hydrogen-bond acceptors (Lipinski definition) is 0. The summed E-state index contributed by atoms with van der Waals surface area (Å²) in [7, 11) is 0. The molecule has 0 saturated carbocycles. The van der Waals surface area contributed by atoms with Crippen LogP contribution >= 0.6 is 0 Å². The van der Waals surface area contributed by atoms with Gasteiger partial charge in [-0.15, -0.1) is 0 Å². The summed E-state index contributed by atoms with van der Waals surface area (Å²) in [6.07, 6.45) is 2.30. The molecular weight excluding hydrogens is 187 g/mol. The standard InChI is InChI=1S/C14H21F/c1-6-7-14(4,5)13-10(2)8-12(15)9-11(13)3/h8-9H,6-7H2,1-5H3. The smallest absolute Gasteiger partial charge is 0.123 e. The molecular formula is C14H21F. The van der Waals surface area contributed by atoms with Crippen molar-refractivity contribution in [3.8, 4) is 0 Å². The number of aryl methyl sites for hydroxylation is 2. The van der Waals surface area contributed by atoms with Crippen LogP contribution in [0.15, 0.2) is 12.1 Å². The van der Waals surface area contributed by atoms with Gasteiger partial charge in [-0.05, 0) is 54.5 Å². The van der Waals surface area contributed by atoms with Gasteiger partial charge in [-0.25, -0.2) is 4.39 Å². The van der Waals surface area contributed by atoms with Crippen LogP contribution in [0.1, 0.15) is 50.3 Å². The van der Waals surface area contributed by atoms with Gasteiger partial charge in [0.1, 0.15) is 5.82 Å². The van der Waals surface area contributed by atoms with Crippen LogP contribution in [0.5, 0.6) is 0 Å². The zero-order valence-electron chi connectivity index (χ0n) is 10.4. The lowest BCUT2D eigenvalue weighted by atomic mass is 9.76. The van der Waals surface area contributed by atoms with Gasteiger partial charge in [0.15, 0.2) is 0 Å². The van der Waals surface area contributed by atoms with Gasteiger partial charge in [0.05, 0.1) is 0 Å². The van der Waals surface area contributed by atoms with E-state index in [4.69, 9.17) is 0 Å². The highest BCUT2D eigenvalue weighted by atomic mass is 19.1. The maximum absolute atomic E-state index is 13.2. The van der Waals surface area contributed by atoms with E-state index in [0.29, 0.717) is 0 Å². The number of hydrogen-bond donors (Lipinski definition) is 0. The van der Waals surface area contributed by atoms with E-state index in [0.717, 1.165) is 24.0 Å². The number of halogens is 1. The number of benzene rings is 1. The van der Waals surface area contributed by atoms with Crippen LogP contribution in [0.25, 0.3) is 0 Å². The van der Waals surface area contributed by atoms with Crippen molar-refractivity contribution in [3.63, 3.8) is 0 Å². The Bertz CT molecular complexity index is 327. The molecule has 0 unspecified atom stereocenters. The van der Waals surface area contributed by atoms with Gasteiger partial charge in [0.2, 0.25) is 0 Å². The summed E-state index contributed by atoms with van der Waals surface area (Å²) >= 11 is 0. The van der Waals surface area contributed by atoms with Gasteiger partial charge in [-0.1, -0.05) is 27.2 Å². The highest BCUT2D eigenvalue weighted by Crippen LogP contribution is 2.33. The third kappa shape index (κ3) is 2.58. The van der Waals surface area contributed by atoms with Crippen molar-refractivity contribution >= 4 is 0 Å². The monoisotopic (exact) mass is 208 g/mol. The molecule has 0 aliphatic rings. The SMILES string of the molecule is CCCC(C)(C)c1c(C)cc(F)cc1C. The Hall–Kier alpha value is -0.850. The molecule has 15 heavy (non-hydrogen) atoms. The van der Waals surface area contributed by atoms with Gasteiger partial charge in [0.25, 0.3) is 0 Å². The van der Waals surface area contributed by atoms with Gasteiger partial charge in [-0.2, -0.15) is 0 Å². The van der Waals surface area contributed by atoms with Gasteiger partial charge in [-0.3, -0.25) is 0 Å². The molecule has 0 N–H and O–H groups in total. The lowest BCUT2D eigenvalue weighted by Crippen LogP contribution is -2.20. The summed E-state index contributed by atoms with van der Waals surface area (Å²) in [5, 5.41) is 0. The Morgan fingerprint density at radius 3 is 2.00 bits per heavy atom. The van der Waals surface area contributed by atoms with Crippen LogP contribution in [-0.4, -0.2) is 0 Å². The first-order chi connectivity index (χ1) is 6.88. The topological polar surface area (TPSA) is 0 Å². The molecule has 0 spiro atoms. The van der Waals surface area contributed by atoms with Crippen LogP contribution in [0.4, 0.5) is 4.39 Å². The first kappa shape index (κ1) is 12.2. The average molecular weight is 208 g/mol. The second-order valence-electron chi connectivity index (χ2n) is 5.05. The predicted octanol–water partition coefficient (Wildman–Crippen LogP) is 4.52. The number of rotatable bonds is 3. The summed E-state index contributed by atoms with van der Waals surface area (Å²) in [6, 6.07) is 3.28. The Morgan fingerprint density at radius 1 is 1.13 bits per heavy atom. The van der Waals surface area contributed by atoms with E-state index in [-0.39, 0.29) is 11.2 Å². The van der Waals surface area contributed by atoms with Gasteiger partial charge in [0, 0.05) is 0 Å². The highest BCUT2D eigenvalue weighted by Gasteiger charge is 2.23. The molecule has 0 atom stereocenters. The zero-order valence-corrected chi connectivity index (χ0v) is 10.4. The van der Waals surface area contributed by atoms with Crippen molar-refractivity contribution in [3.05, 3.63) is 34.6 Å². The van der Waals surface area contributed by atoms with Crippen molar-refractivity contribution in [1.29, 1.82) is 0 Å². The highest BCUT2D eigenvalue weighted by molar-refractivity contribution is 5.39. The minimum absolute atomic E-state index is 0.124. The summed E-state index contributed by atoms with van der Waals surface area (Å²) in [5.41, 5.74) is 3.61. The third-order valence-corrected chi connectivity index (χ3v) is 3.05. The molecule has 84 valence electrons. The largest absolute Gasteiger partial charge is 0.207 e. The summed E-state index contributed by atoms with van der Waals surface area (Å²) in [4.78, 5) is 0. The maximum Gasteiger partial charge on any atom is 0.123 e. The fraction of sp³-hybridized carbons (Fsp3) is 0.571. The Kier molecular flexibility index (Phi) is 3.54. The average Bonchev–Trinajstić information content (AvgIpc) is 1.99. The van der Waals surface area contributed by atoms with Gasteiger partial charge >= 0.3 is 0 Å². The van der Waals surface area contributed by atoms with Crippen molar-refractivity contribution < 1.29 is 4.39 Å². The lowest BCUT2D eigenvalue weighted by Gasteiger charge is -2.28.